The van der Waals surface area contributed by atoms with E-state index >= 15 is 0 Å². The van der Waals surface area contributed by atoms with Gasteiger partial charge in [-0.25, -0.2) is 17.2 Å². The highest BCUT2D eigenvalue weighted by Gasteiger charge is 2.56. The van der Waals surface area contributed by atoms with Gasteiger partial charge in [0, 0.05) is 26.6 Å². The fourth-order valence-corrected chi connectivity index (χ4v) is 5.97. The predicted octanol–water partition coefficient (Wildman–Crippen LogP) is 1.31. The van der Waals surface area contributed by atoms with E-state index in [0.29, 0.717) is 17.3 Å². The van der Waals surface area contributed by atoms with Crippen molar-refractivity contribution in [2.24, 2.45) is 12.5 Å². The molecule has 0 aromatic carbocycles. The molecular formula is C14H19ClF2N4O3S. The van der Waals surface area contributed by atoms with E-state index in [-0.39, 0.29) is 28.7 Å². The summed E-state index contributed by atoms with van der Waals surface area (Å²) in [6.07, 6.45) is 0.0974. The second-order valence-electron chi connectivity index (χ2n) is 6.77. The molecule has 0 bridgehead atoms. The highest BCUT2D eigenvalue weighted by atomic mass is 35.5. The van der Waals surface area contributed by atoms with E-state index in [1.807, 2.05) is 0 Å². The van der Waals surface area contributed by atoms with Gasteiger partial charge in [0.1, 0.15) is 10.0 Å². The number of piperidine rings is 2. The third-order valence-electron chi connectivity index (χ3n) is 4.78. The molecule has 1 spiro atoms. The Kier molecular flexibility index (Phi) is 4.36. The number of carbonyl (C=O) groups excluding carboxylic acids is 1. The van der Waals surface area contributed by atoms with E-state index in [4.69, 9.17) is 11.6 Å². The summed E-state index contributed by atoms with van der Waals surface area (Å²) in [5, 5.41) is 6.38. The van der Waals surface area contributed by atoms with E-state index in [1.165, 1.54) is 18.7 Å². The summed E-state index contributed by atoms with van der Waals surface area (Å²) in [7, 11) is -2.85. The summed E-state index contributed by atoms with van der Waals surface area (Å²) in [5.74, 6) is -3.82. The number of hydrogen-bond donors (Lipinski definition) is 1. The van der Waals surface area contributed by atoms with Crippen LogP contribution in [0.5, 0.6) is 0 Å². The minimum Gasteiger partial charge on any atom is -0.356 e. The normalized spacial score (nSPS) is 27.5. The van der Waals surface area contributed by atoms with Crippen molar-refractivity contribution in [3.8, 4) is 0 Å². The van der Waals surface area contributed by atoms with Crippen molar-refractivity contribution < 1.29 is 22.0 Å². The maximum absolute atomic E-state index is 14.4. The minimum absolute atomic E-state index is 0.128. The first kappa shape index (κ1) is 18.5. The SMILES string of the molecule is Cc1nn(C)c(Cl)c1S(=O)(=O)N1CC(F)(F)CC2(CCCNC2=O)C1. The molecule has 1 N–H and O–H groups in total. The zero-order valence-corrected chi connectivity index (χ0v) is 15.4. The van der Waals surface area contributed by atoms with Gasteiger partial charge in [-0.1, -0.05) is 11.6 Å². The summed E-state index contributed by atoms with van der Waals surface area (Å²) < 4.78 is 56.6. The van der Waals surface area contributed by atoms with Crippen molar-refractivity contribution >= 4 is 27.5 Å². The first-order valence-electron chi connectivity index (χ1n) is 7.84. The molecule has 7 nitrogen and oxygen atoms in total. The van der Waals surface area contributed by atoms with Gasteiger partial charge in [0.05, 0.1) is 17.7 Å². The smallest absolute Gasteiger partial charge is 0.262 e. The van der Waals surface area contributed by atoms with Gasteiger partial charge >= 0.3 is 0 Å². The van der Waals surface area contributed by atoms with Crippen LogP contribution < -0.4 is 5.32 Å². The van der Waals surface area contributed by atoms with Gasteiger partial charge in [0.2, 0.25) is 15.9 Å². The Morgan fingerprint density at radius 1 is 1.32 bits per heavy atom. The van der Waals surface area contributed by atoms with Crippen molar-refractivity contribution in [3.63, 3.8) is 0 Å². The fourth-order valence-electron chi connectivity index (χ4n) is 3.71. The molecule has 3 heterocycles. The number of aryl methyl sites for hydroxylation is 2. The number of nitrogens with zero attached hydrogens (tertiary/aromatic N) is 3. The van der Waals surface area contributed by atoms with Crippen LogP contribution in [0.3, 0.4) is 0 Å². The Morgan fingerprint density at radius 2 is 2.00 bits per heavy atom. The molecule has 2 fully saturated rings. The Bertz CT molecular complexity index is 826. The standard InChI is InChI=1S/C14H19ClF2N4O3S/c1-9-10(11(15)20(2)19-9)25(23,24)21-7-13(6-14(16,17)8-21)4-3-5-18-12(13)22/h3-8H2,1-2H3,(H,18,22). The van der Waals surface area contributed by atoms with Crippen LogP contribution in [-0.4, -0.2) is 54.0 Å². The van der Waals surface area contributed by atoms with E-state index in [2.05, 4.69) is 10.4 Å². The topological polar surface area (TPSA) is 84.3 Å². The number of alkyl halides is 2. The largest absolute Gasteiger partial charge is 0.356 e. The number of rotatable bonds is 2. The zero-order chi connectivity index (χ0) is 18.6. The Balaban J connectivity index is 2.05. The lowest BCUT2D eigenvalue weighted by Gasteiger charge is -2.45. The third-order valence-corrected chi connectivity index (χ3v) is 7.27. The predicted molar refractivity (Wildman–Crippen MR) is 86.0 cm³/mol. The minimum atomic E-state index is -4.31. The molecule has 1 unspecified atom stereocenters. The molecule has 2 aliphatic rings. The molecule has 0 radical (unpaired) electrons. The van der Waals surface area contributed by atoms with Crippen molar-refractivity contribution in [2.75, 3.05) is 19.6 Å². The van der Waals surface area contributed by atoms with Crippen LogP contribution in [0, 0.1) is 12.3 Å². The van der Waals surface area contributed by atoms with Crippen LogP contribution in [0.25, 0.3) is 0 Å². The first-order chi connectivity index (χ1) is 11.5. The molecule has 11 heteroatoms. The van der Waals surface area contributed by atoms with Gasteiger partial charge in [0.25, 0.3) is 5.92 Å². The maximum Gasteiger partial charge on any atom is 0.262 e. The van der Waals surface area contributed by atoms with E-state index < -0.39 is 40.2 Å². The molecule has 1 aromatic rings. The highest BCUT2D eigenvalue weighted by molar-refractivity contribution is 7.89. The number of nitrogens with one attached hydrogen (secondary N) is 1. The summed E-state index contributed by atoms with van der Waals surface area (Å²) in [4.78, 5) is 12.0. The van der Waals surface area contributed by atoms with Gasteiger partial charge in [-0.2, -0.15) is 9.40 Å². The molecule has 1 aromatic heterocycles. The molecule has 25 heavy (non-hydrogen) atoms. The number of amides is 1. The molecule has 2 aliphatic heterocycles. The Morgan fingerprint density at radius 3 is 2.56 bits per heavy atom. The highest BCUT2D eigenvalue weighted by Crippen LogP contribution is 2.45. The van der Waals surface area contributed by atoms with Crippen LogP contribution in [0.1, 0.15) is 25.0 Å². The second-order valence-corrected chi connectivity index (χ2v) is 9.01. The maximum atomic E-state index is 14.4. The van der Waals surface area contributed by atoms with E-state index in [1.54, 1.807) is 0 Å². The quantitative estimate of drug-likeness (QED) is 0.816. The monoisotopic (exact) mass is 396 g/mol. The summed E-state index contributed by atoms with van der Waals surface area (Å²) in [6.45, 7) is 0.590. The van der Waals surface area contributed by atoms with E-state index in [9.17, 15) is 22.0 Å². The summed E-state index contributed by atoms with van der Waals surface area (Å²) >= 11 is 6.02. The lowest BCUT2D eigenvalue weighted by molar-refractivity contribution is -0.151. The van der Waals surface area contributed by atoms with Crippen LogP contribution in [-0.2, 0) is 21.9 Å². The van der Waals surface area contributed by atoms with Crippen LogP contribution in [0.2, 0.25) is 5.15 Å². The zero-order valence-electron chi connectivity index (χ0n) is 13.9. The van der Waals surface area contributed by atoms with Crippen LogP contribution in [0.4, 0.5) is 8.78 Å². The van der Waals surface area contributed by atoms with Crippen LogP contribution >= 0.6 is 11.6 Å². The van der Waals surface area contributed by atoms with Crippen molar-refractivity contribution in [1.29, 1.82) is 0 Å². The van der Waals surface area contributed by atoms with Crippen molar-refractivity contribution in [3.05, 3.63) is 10.8 Å². The number of carbonyl (C=O) groups is 1. The lowest BCUT2D eigenvalue weighted by atomic mass is 9.73. The van der Waals surface area contributed by atoms with Gasteiger partial charge in [0.15, 0.2) is 0 Å². The van der Waals surface area contributed by atoms with Gasteiger partial charge in [-0.3, -0.25) is 9.48 Å². The number of sulfonamides is 1. The van der Waals surface area contributed by atoms with Crippen LogP contribution in [0.15, 0.2) is 4.90 Å². The second kappa shape index (κ2) is 5.88. The third kappa shape index (κ3) is 3.04. The molecule has 0 saturated carbocycles. The molecule has 0 aliphatic carbocycles. The molecule has 140 valence electrons. The van der Waals surface area contributed by atoms with Gasteiger partial charge < -0.3 is 5.32 Å². The lowest BCUT2D eigenvalue weighted by Crippen LogP contribution is -2.61. The molecule has 1 atom stereocenters. The first-order valence-corrected chi connectivity index (χ1v) is 9.66. The van der Waals surface area contributed by atoms with Crippen molar-refractivity contribution in [2.45, 2.75) is 37.0 Å². The number of hydrogen-bond acceptors (Lipinski definition) is 4. The molecule has 1 amide bonds. The summed E-state index contributed by atoms with van der Waals surface area (Å²) in [6, 6.07) is 0. The fraction of sp³-hybridized carbons (Fsp3) is 0.714. The molecule has 3 rings (SSSR count). The Labute approximate surface area is 149 Å². The van der Waals surface area contributed by atoms with Crippen molar-refractivity contribution in [1.82, 2.24) is 19.4 Å². The number of halogens is 3. The molecule has 2 saturated heterocycles. The average molecular weight is 397 g/mol. The van der Waals surface area contributed by atoms with E-state index in [0.717, 1.165) is 0 Å². The van der Waals surface area contributed by atoms with Gasteiger partial charge in [-0.15, -0.1) is 0 Å². The Hall–Kier alpha value is -1.26. The van der Waals surface area contributed by atoms with Gasteiger partial charge in [-0.05, 0) is 19.8 Å². The average Bonchev–Trinajstić information content (AvgIpc) is 2.74. The molecular weight excluding hydrogens is 378 g/mol. The summed E-state index contributed by atoms with van der Waals surface area (Å²) in [5.41, 5.74) is -1.29. The number of aromatic nitrogens is 2.